The van der Waals surface area contributed by atoms with Gasteiger partial charge in [-0.1, -0.05) is 0 Å². The van der Waals surface area contributed by atoms with Crippen molar-refractivity contribution in [1.29, 1.82) is 0 Å². The van der Waals surface area contributed by atoms with Gasteiger partial charge in [0.05, 0.1) is 20.3 Å². The zero-order chi connectivity index (χ0) is 14.7. The molecule has 114 valence electrons. The number of rotatable bonds is 3. The van der Waals surface area contributed by atoms with Crippen molar-refractivity contribution in [2.45, 2.75) is 18.9 Å². The average Bonchev–Trinajstić information content (AvgIpc) is 3.05. The van der Waals surface area contributed by atoms with Gasteiger partial charge >= 0.3 is 5.97 Å². The van der Waals surface area contributed by atoms with Crippen LogP contribution in [0.3, 0.4) is 0 Å². The van der Waals surface area contributed by atoms with Crippen molar-refractivity contribution in [3.8, 4) is 0 Å². The maximum Gasteiger partial charge on any atom is 0.328 e. The van der Waals surface area contributed by atoms with Gasteiger partial charge < -0.3 is 19.3 Å². The molecule has 3 rings (SSSR count). The number of hydrogen-bond donors (Lipinski definition) is 0. The Labute approximate surface area is 123 Å². The van der Waals surface area contributed by atoms with E-state index in [1.165, 1.54) is 7.11 Å². The smallest absolute Gasteiger partial charge is 0.328 e. The number of methoxy groups -OCH3 is 1. The molecule has 0 amide bonds. The molecule has 2 saturated heterocycles. The molecule has 7 nitrogen and oxygen atoms in total. The van der Waals surface area contributed by atoms with Gasteiger partial charge in [-0.25, -0.2) is 9.78 Å². The quantitative estimate of drug-likeness (QED) is 0.749. The monoisotopic (exact) mass is 292 g/mol. The summed E-state index contributed by atoms with van der Waals surface area (Å²) in [5.74, 6) is 1.30. The van der Waals surface area contributed by atoms with Crippen LogP contribution in [-0.4, -0.2) is 61.9 Å². The Balaban J connectivity index is 1.80. The van der Waals surface area contributed by atoms with E-state index >= 15 is 0 Å². The Morgan fingerprint density at radius 2 is 2.19 bits per heavy atom. The van der Waals surface area contributed by atoms with Crippen molar-refractivity contribution in [2.75, 3.05) is 49.8 Å². The van der Waals surface area contributed by atoms with Crippen molar-refractivity contribution in [1.82, 2.24) is 9.97 Å². The fourth-order valence-corrected chi connectivity index (χ4v) is 2.84. The van der Waals surface area contributed by atoms with E-state index in [-0.39, 0.29) is 12.0 Å². The molecule has 1 aromatic heterocycles. The molecule has 0 saturated carbocycles. The molecule has 0 unspecified atom stereocenters. The van der Waals surface area contributed by atoms with E-state index in [9.17, 15) is 4.79 Å². The summed E-state index contributed by atoms with van der Waals surface area (Å²) in [7, 11) is 1.43. The van der Waals surface area contributed by atoms with E-state index < -0.39 is 0 Å². The molecule has 3 heterocycles. The Bertz CT molecular complexity index is 505. The molecule has 2 aliphatic rings. The highest BCUT2D eigenvalue weighted by atomic mass is 16.5. The van der Waals surface area contributed by atoms with Gasteiger partial charge in [-0.05, 0) is 18.9 Å². The van der Waals surface area contributed by atoms with Crippen molar-refractivity contribution < 1.29 is 14.3 Å². The number of carbonyl (C=O) groups excluding carboxylic acids is 1. The highest BCUT2D eigenvalue weighted by Gasteiger charge is 2.32. The van der Waals surface area contributed by atoms with Crippen LogP contribution in [0.2, 0.25) is 0 Å². The number of morpholine rings is 1. The minimum atomic E-state index is -0.234. The number of ether oxygens (including phenoxy) is 2. The van der Waals surface area contributed by atoms with E-state index in [1.807, 2.05) is 11.0 Å². The summed E-state index contributed by atoms with van der Waals surface area (Å²) >= 11 is 0. The standard InChI is InChI=1S/C14H20N4O3/c1-20-13(19)11-3-2-6-18(11)12-4-5-15-14(16-12)17-7-9-21-10-8-17/h4-5,11H,2-3,6-10H2,1H3/t11-/m0/s1. The van der Waals surface area contributed by atoms with Crippen molar-refractivity contribution in [3.63, 3.8) is 0 Å². The lowest BCUT2D eigenvalue weighted by Crippen LogP contribution is -2.39. The predicted octanol–water partition coefficient (Wildman–Crippen LogP) is 0.455. The number of anilines is 2. The lowest BCUT2D eigenvalue weighted by molar-refractivity contribution is -0.141. The van der Waals surface area contributed by atoms with E-state index in [0.29, 0.717) is 19.2 Å². The molecule has 0 N–H and O–H groups in total. The van der Waals surface area contributed by atoms with Crippen LogP contribution in [-0.2, 0) is 14.3 Å². The predicted molar refractivity (Wildman–Crippen MR) is 77.4 cm³/mol. The summed E-state index contributed by atoms with van der Waals surface area (Å²) in [6.45, 7) is 3.80. The Hall–Kier alpha value is -1.89. The highest BCUT2D eigenvalue weighted by Crippen LogP contribution is 2.25. The van der Waals surface area contributed by atoms with Crippen LogP contribution >= 0.6 is 0 Å². The zero-order valence-electron chi connectivity index (χ0n) is 12.2. The highest BCUT2D eigenvalue weighted by molar-refractivity contribution is 5.80. The summed E-state index contributed by atoms with van der Waals surface area (Å²) in [5, 5.41) is 0. The molecule has 0 radical (unpaired) electrons. The topological polar surface area (TPSA) is 67.8 Å². The second-order valence-corrected chi connectivity index (χ2v) is 5.19. The molecule has 2 fully saturated rings. The maximum atomic E-state index is 11.9. The molecule has 2 aliphatic heterocycles. The molecule has 0 aromatic carbocycles. The van der Waals surface area contributed by atoms with E-state index in [2.05, 4.69) is 14.9 Å². The first kappa shape index (κ1) is 14.1. The molecule has 7 heteroatoms. The zero-order valence-corrected chi connectivity index (χ0v) is 12.2. The van der Waals surface area contributed by atoms with Gasteiger partial charge in [-0.15, -0.1) is 0 Å². The van der Waals surface area contributed by atoms with Crippen LogP contribution in [0.5, 0.6) is 0 Å². The van der Waals surface area contributed by atoms with Crippen LogP contribution in [0.4, 0.5) is 11.8 Å². The molecular formula is C14H20N4O3. The van der Waals surface area contributed by atoms with Gasteiger partial charge in [0.1, 0.15) is 11.9 Å². The van der Waals surface area contributed by atoms with Gasteiger partial charge in [0.15, 0.2) is 0 Å². The largest absolute Gasteiger partial charge is 0.467 e. The van der Waals surface area contributed by atoms with Crippen LogP contribution in [0.1, 0.15) is 12.8 Å². The summed E-state index contributed by atoms with van der Waals surface area (Å²) < 4.78 is 10.2. The fraction of sp³-hybridized carbons (Fsp3) is 0.643. The minimum absolute atomic E-state index is 0.195. The van der Waals surface area contributed by atoms with Gasteiger partial charge in [0.2, 0.25) is 5.95 Å². The molecular weight excluding hydrogens is 272 g/mol. The molecule has 1 aromatic rings. The van der Waals surface area contributed by atoms with Gasteiger partial charge in [0, 0.05) is 25.8 Å². The first-order chi connectivity index (χ1) is 10.3. The summed E-state index contributed by atoms with van der Waals surface area (Å²) in [5.41, 5.74) is 0. The number of nitrogens with zero attached hydrogens (tertiary/aromatic N) is 4. The second kappa shape index (κ2) is 6.26. The summed E-state index contributed by atoms with van der Waals surface area (Å²) in [6, 6.07) is 1.62. The first-order valence-corrected chi connectivity index (χ1v) is 7.30. The third kappa shape index (κ3) is 2.92. The minimum Gasteiger partial charge on any atom is -0.467 e. The van der Waals surface area contributed by atoms with E-state index in [0.717, 1.165) is 38.3 Å². The van der Waals surface area contributed by atoms with Crippen LogP contribution in [0.25, 0.3) is 0 Å². The number of carbonyl (C=O) groups is 1. The molecule has 0 bridgehead atoms. The Morgan fingerprint density at radius 3 is 2.95 bits per heavy atom. The molecule has 0 aliphatic carbocycles. The first-order valence-electron chi connectivity index (χ1n) is 7.30. The number of hydrogen-bond acceptors (Lipinski definition) is 7. The van der Waals surface area contributed by atoms with E-state index in [4.69, 9.17) is 9.47 Å². The second-order valence-electron chi connectivity index (χ2n) is 5.19. The number of aromatic nitrogens is 2. The lowest BCUT2D eigenvalue weighted by Gasteiger charge is -2.28. The Kier molecular flexibility index (Phi) is 4.19. The van der Waals surface area contributed by atoms with Crippen LogP contribution in [0.15, 0.2) is 12.3 Å². The maximum absolute atomic E-state index is 11.9. The van der Waals surface area contributed by atoms with E-state index in [1.54, 1.807) is 6.20 Å². The van der Waals surface area contributed by atoms with Crippen molar-refractivity contribution in [3.05, 3.63) is 12.3 Å². The van der Waals surface area contributed by atoms with Crippen molar-refractivity contribution >= 4 is 17.7 Å². The average molecular weight is 292 g/mol. The number of esters is 1. The normalized spacial score (nSPS) is 22.4. The van der Waals surface area contributed by atoms with Gasteiger partial charge in [0.25, 0.3) is 0 Å². The third-order valence-electron chi connectivity index (χ3n) is 3.94. The van der Waals surface area contributed by atoms with Crippen molar-refractivity contribution in [2.24, 2.45) is 0 Å². The van der Waals surface area contributed by atoms with Gasteiger partial charge in [-0.3, -0.25) is 0 Å². The molecule has 21 heavy (non-hydrogen) atoms. The van der Waals surface area contributed by atoms with Crippen LogP contribution in [0, 0.1) is 0 Å². The van der Waals surface area contributed by atoms with Crippen LogP contribution < -0.4 is 9.80 Å². The molecule has 0 spiro atoms. The molecule has 1 atom stereocenters. The van der Waals surface area contributed by atoms with Gasteiger partial charge in [-0.2, -0.15) is 4.98 Å². The summed E-state index contributed by atoms with van der Waals surface area (Å²) in [6.07, 6.45) is 3.53. The fourth-order valence-electron chi connectivity index (χ4n) is 2.84. The summed E-state index contributed by atoms with van der Waals surface area (Å²) in [4.78, 5) is 24.9. The third-order valence-corrected chi connectivity index (χ3v) is 3.94. The SMILES string of the molecule is COC(=O)[C@@H]1CCCN1c1ccnc(N2CCOCC2)n1. The Morgan fingerprint density at radius 1 is 1.38 bits per heavy atom. The lowest BCUT2D eigenvalue weighted by atomic mass is 10.2.